The highest BCUT2D eigenvalue weighted by Crippen LogP contribution is 2.32. The highest BCUT2D eigenvalue weighted by Gasteiger charge is 2.37. The van der Waals surface area contributed by atoms with Crippen molar-refractivity contribution in [3.05, 3.63) is 34.1 Å². The lowest BCUT2D eigenvalue weighted by Gasteiger charge is -2.41. The van der Waals surface area contributed by atoms with E-state index in [1.165, 1.54) is 31.2 Å². The van der Waals surface area contributed by atoms with Crippen LogP contribution in [0.5, 0.6) is 0 Å². The molecule has 0 unspecified atom stereocenters. The topological polar surface area (TPSA) is 15.3 Å². The lowest BCUT2D eigenvalue weighted by molar-refractivity contribution is 0.129. The van der Waals surface area contributed by atoms with Crippen LogP contribution in [0.3, 0.4) is 0 Å². The third-order valence-corrected chi connectivity index (χ3v) is 5.01. The minimum atomic E-state index is -0.184. The van der Waals surface area contributed by atoms with Gasteiger partial charge in [-0.05, 0) is 46.5 Å². The van der Waals surface area contributed by atoms with Crippen LogP contribution in [-0.2, 0) is 6.54 Å². The summed E-state index contributed by atoms with van der Waals surface area (Å²) >= 11 is 3.26. The van der Waals surface area contributed by atoms with Crippen LogP contribution in [0.2, 0.25) is 0 Å². The predicted octanol–water partition coefficient (Wildman–Crippen LogP) is 3.31. The van der Waals surface area contributed by atoms with Gasteiger partial charge in [-0.1, -0.05) is 18.9 Å². The summed E-state index contributed by atoms with van der Waals surface area (Å²) in [7, 11) is 0. The molecular weight excluding hydrogens is 307 g/mol. The molecule has 1 spiro atoms. The second-order valence-corrected chi connectivity index (χ2v) is 6.73. The van der Waals surface area contributed by atoms with Gasteiger partial charge in [0, 0.05) is 31.7 Å². The molecule has 1 aliphatic carbocycles. The summed E-state index contributed by atoms with van der Waals surface area (Å²) in [6, 6.07) is 5.34. The van der Waals surface area contributed by atoms with Crippen molar-refractivity contribution in [3.8, 4) is 0 Å². The number of nitrogens with zero attached hydrogens (tertiary/aromatic N) is 1. The Balaban J connectivity index is 1.67. The third kappa shape index (κ3) is 3.01. The number of nitrogens with one attached hydrogen (secondary N) is 1. The number of hydrogen-bond acceptors (Lipinski definition) is 2. The number of hydrogen-bond donors (Lipinski definition) is 1. The van der Waals surface area contributed by atoms with E-state index in [1.807, 2.05) is 12.1 Å². The molecule has 1 saturated carbocycles. The standard InChI is InChI=1S/C15H20BrFN2/c16-13-9-12(3-4-14(13)17)10-19-8-7-18-15(11-19)5-1-2-6-15/h3-4,9,18H,1-2,5-8,10-11H2. The average molecular weight is 327 g/mol. The number of rotatable bonds is 2. The summed E-state index contributed by atoms with van der Waals surface area (Å²) in [6.07, 6.45) is 5.30. The fraction of sp³-hybridized carbons (Fsp3) is 0.600. The first-order valence-corrected chi connectivity index (χ1v) is 7.88. The molecule has 0 radical (unpaired) electrons. The SMILES string of the molecule is Fc1ccc(CN2CCNC3(CCCC3)C2)cc1Br. The lowest BCUT2D eigenvalue weighted by atomic mass is 9.94. The van der Waals surface area contributed by atoms with Crippen LogP contribution >= 0.6 is 15.9 Å². The molecule has 2 aliphatic rings. The molecule has 1 aromatic carbocycles. The largest absolute Gasteiger partial charge is 0.309 e. The third-order valence-electron chi connectivity index (χ3n) is 4.41. The van der Waals surface area contributed by atoms with E-state index >= 15 is 0 Å². The number of halogens is 2. The molecule has 0 atom stereocenters. The van der Waals surface area contributed by atoms with E-state index in [4.69, 9.17) is 0 Å². The monoisotopic (exact) mass is 326 g/mol. The molecule has 3 rings (SSSR count). The molecule has 104 valence electrons. The highest BCUT2D eigenvalue weighted by atomic mass is 79.9. The van der Waals surface area contributed by atoms with E-state index in [9.17, 15) is 4.39 Å². The summed E-state index contributed by atoms with van der Waals surface area (Å²) in [6.45, 7) is 4.20. The summed E-state index contributed by atoms with van der Waals surface area (Å²) in [5, 5.41) is 3.72. The number of benzene rings is 1. The van der Waals surface area contributed by atoms with Crippen molar-refractivity contribution in [2.75, 3.05) is 19.6 Å². The molecule has 1 saturated heterocycles. The second kappa shape index (κ2) is 5.51. The van der Waals surface area contributed by atoms with E-state index in [-0.39, 0.29) is 5.82 Å². The molecule has 1 N–H and O–H groups in total. The van der Waals surface area contributed by atoms with Crippen molar-refractivity contribution < 1.29 is 4.39 Å². The first-order chi connectivity index (χ1) is 9.17. The van der Waals surface area contributed by atoms with Gasteiger partial charge in [-0.15, -0.1) is 0 Å². The summed E-state index contributed by atoms with van der Waals surface area (Å²) in [5.41, 5.74) is 1.54. The van der Waals surface area contributed by atoms with Gasteiger partial charge in [0.25, 0.3) is 0 Å². The molecular formula is C15H20BrFN2. The van der Waals surface area contributed by atoms with Gasteiger partial charge in [0.1, 0.15) is 5.82 Å². The van der Waals surface area contributed by atoms with Crippen molar-refractivity contribution >= 4 is 15.9 Å². The van der Waals surface area contributed by atoms with Crippen LogP contribution in [0, 0.1) is 5.82 Å². The Hall–Kier alpha value is -0.450. The molecule has 2 fully saturated rings. The van der Waals surface area contributed by atoms with Crippen molar-refractivity contribution in [2.24, 2.45) is 0 Å². The normalized spacial score (nSPS) is 23.1. The molecule has 4 heteroatoms. The zero-order valence-corrected chi connectivity index (χ0v) is 12.7. The van der Waals surface area contributed by atoms with Crippen molar-refractivity contribution in [1.82, 2.24) is 10.2 Å². The molecule has 1 heterocycles. The van der Waals surface area contributed by atoms with Crippen LogP contribution < -0.4 is 5.32 Å². The van der Waals surface area contributed by atoms with E-state index < -0.39 is 0 Å². The zero-order chi connectivity index (χ0) is 13.3. The van der Waals surface area contributed by atoms with E-state index in [2.05, 4.69) is 26.1 Å². The Morgan fingerprint density at radius 3 is 2.84 bits per heavy atom. The molecule has 0 amide bonds. The van der Waals surface area contributed by atoms with Gasteiger partial charge in [0.15, 0.2) is 0 Å². The molecule has 1 aliphatic heterocycles. The minimum Gasteiger partial charge on any atom is -0.309 e. The quantitative estimate of drug-likeness (QED) is 0.897. The predicted molar refractivity (Wildman–Crippen MR) is 78.6 cm³/mol. The van der Waals surface area contributed by atoms with Gasteiger partial charge >= 0.3 is 0 Å². The summed E-state index contributed by atoms with van der Waals surface area (Å²) in [4.78, 5) is 2.50. The van der Waals surface area contributed by atoms with Crippen molar-refractivity contribution in [3.63, 3.8) is 0 Å². The van der Waals surface area contributed by atoms with Gasteiger partial charge in [-0.2, -0.15) is 0 Å². The zero-order valence-electron chi connectivity index (χ0n) is 11.1. The first-order valence-electron chi connectivity index (χ1n) is 7.08. The first kappa shape index (κ1) is 13.5. The van der Waals surface area contributed by atoms with Gasteiger partial charge in [0.05, 0.1) is 4.47 Å². The van der Waals surface area contributed by atoms with Gasteiger partial charge in [-0.3, -0.25) is 4.90 Å². The van der Waals surface area contributed by atoms with Crippen LogP contribution in [-0.4, -0.2) is 30.1 Å². The molecule has 0 aromatic heterocycles. The number of piperazine rings is 1. The maximum absolute atomic E-state index is 13.2. The average Bonchev–Trinajstić information content (AvgIpc) is 2.82. The molecule has 19 heavy (non-hydrogen) atoms. The van der Waals surface area contributed by atoms with Crippen LogP contribution in [0.1, 0.15) is 31.2 Å². The molecule has 1 aromatic rings. The van der Waals surface area contributed by atoms with E-state index in [1.54, 1.807) is 6.07 Å². The summed E-state index contributed by atoms with van der Waals surface area (Å²) in [5.74, 6) is -0.184. The smallest absolute Gasteiger partial charge is 0.137 e. The summed E-state index contributed by atoms with van der Waals surface area (Å²) < 4.78 is 13.8. The Morgan fingerprint density at radius 2 is 2.11 bits per heavy atom. The lowest BCUT2D eigenvalue weighted by Crippen LogP contribution is -2.58. The Labute approximate surface area is 122 Å². The minimum absolute atomic E-state index is 0.184. The van der Waals surface area contributed by atoms with Crippen LogP contribution in [0.25, 0.3) is 0 Å². The second-order valence-electron chi connectivity index (χ2n) is 5.87. The molecule has 2 nitrogen and oxygen atoms in total. The van der Waals surface area contributed by atoms with Crippen LogP contribution in [0.4, 0.5) is 4.39 Å². The van der Waals surface area contributed by atoms with E-state index in [0.717, 1.165) is 26.2 Å². The van der Waals surface area contributed by atoms with Crippen molar-refractivity contribution in [2.45, 2.75) is 37.8 Å². The van der Waals surface area contributed by atoms with Gasteiger partial charge in [0.2, 0.25) is 0 Å². The Bertz CT molecular complexity index is 457. The fourth-order valence-corrected chi connectivity index (χ4v) is 3.89. The highest BCUT2D eigenvalue weighted by molar-refractivity contribution is 9.10. The molecule has 0 bridgehead atoms. The fourth-order valence-electron chi connectivity index (χ4n) is 3.46. The maximum Gasteiger partial charge on any atom is 0.137 e. The van der Waals surface area contributed by atoms with E-state index in [0.29, 0.717) is 10.0 Å². The Kier molecular flexibility index (Phi) is 3.92. The van der Waals surface area contributed by atoms with Gasteiger partial charge in [-0.25, -0.2) is 4.39 Å². The van der Waals surface area contributed by atoms with Crippen LogP contribution in [0.15, 0.2) is 22.7 Å². The Morgan fingerprint density at radius 1 is 1.32 bits per heavy atom. The maximum atomic E-state index is 13.2. The van der Waals surface area contributed by atoms with Crippen molar-refractivity contribution in [1.29, 1.82) is 0 Å². The van der Waals surface area contributed by atoms with Gasteiger partial charge < -0.3 is 5.32 Å².